The molecular formula is C22H20N4O5S. The Bertz CT molecular complexity index is 1320. The summed E-state index contributed by atoms with van der Waals surface area (Å²) in [5, 5.41) is 21.9. The third kappa shape index (κ3) is 3.14. The van der Waals surface area contributed by atoms with Crippen LogP contribution in [-0.4, -0.2) is 52.1 Å². The molecule has 2 aliphatic rings. The van der Waals surface area contributed by atoms with Crippen LogP contribution in [-0.2, 0) is 5.88 Å². The van der Waals surface area contributed by atoms with Crippen LogP contribution < -0.4 is 10.3 Å². The van der Waals surface area contributed by atoms with Crippen molar-refractivity contribution in [1.29, 1.82) is 0 Å². The van der Waals surface area contributed by atoms with Crippen LogP contribution in [0.5, 0.6) is 0 Å². The molecule has 0 aliphatic carbocycles. The van der Waals surface area contributed by atoms with Gasteiger partial charge < -0.3 is 14.6 Å². The number of piperazine rings is 1. The van der Waals surface area contributed by atoms with Crippen LogP contribution in [0.15, 0.2) is 52.3 Å². The van der Waals surface area contributed by atoms with Gasteiger partial charge in [0.25, 0.3) is 5.69 Å². The normalized spacial score (nSPS) is 18.3. The topological polar surface area (TPSA) is 109 Å². The number of thioether (sulfide) groups is 1. The molecule has 0 saturated carbocycles. The van der Waals surface area contributed by atoms with Crippen molar-refractivity contribution in [2.24, 2.45) is 0 Å². The Hall–Kier alpha value is -3.37. The van der Waals surface area contributed by atoms with Gasteiger partial charge in [0, 0.05) is 25.7 Å². The maximum atomic E-state index is 12.9. The van der Waals surface area contributed by atoms with Gasteiger partial charge in [-0.2, -0.15) is 0 Å². The highest BCUT2D eigenvalue weighted by molar-refractivity contribution is 7.99. The number of aromatic nitrogens is 1. The second-order valence-corrected chi connectivity index (χ2v) is 8.92. The third-order valence-corrected chi connectivity index (χ3v) is 7.31. The molecule has 3 aromatic rings. The van der Waals surface area contributed by atoms with Crippen molar-refractivity contribution in [2.45, 2.75) is 16.9 Å². The average molecular weight is 452 g/mol. The maximum absolute atomic E-state index is 12.9. The van der Waals surface area contributed by atoms with Crippen LogP contribution in [0.1, 0.15) is 22.0 Å². The first-order valence-electron chi connectivity index (χ1n) is 10.1. The van der Waals surface area contributed by atoms with Gasteiger partial charge in [-0.3, -0.25) is 19.8 Å². The van der Waals surface area contributed by atoms with Gasteiger partial charge in [-0.15, -0.1) is 0 Å². The number of benzene rings is 2. The average Bonchev–Trinajstić information content (AvgIpc) is 2.75. The van der Waals surface area contributed by atoms with Gasteiger partial charge in [0.15, 0.2) is 0 Å². The van der Waals surface area contributed by atoms with Crippen molar-refractivity contribution in [3.05, 3.63) is 73.9 Å². The summed E-state index contributed by atoms with van der Waals surface area (Å²) in [4.78, 5) is 40.2. The fraction of sp³-hybridized carbons (Fsp3) is 0.273. The lowest BCUT2D eigenvalue weighted by atomic mass is 10.0. The predicted molar refractivity (Wildman–Crippen MR) is 122 cm³/mol. The zero-order valence-corrected chi connectivity index (χ0v) is 18.0. The highest BCUT2D eigenvalue weighted by Crippen LogP contribution is 2.41. The van der Waals surface area contributed by atoms with Gasteiger partial charge >= 0.3 is 5.97 Å². The Kier molecular flexibility index (Phi) is 4.90. The predicted octanol–water partition coefficient (Wildman–Crippen LogP) is 3.16. The molecule has 0 amide bonds. The number of rotatable bonds is 4. The van der Waals surface area contributed by atoms with E-state index in [2.05, 4.69) is 4.90 Å². The molecule has 5 rings (SSSR count). The van der Waals surface area contributed by atoms with E-state index in [0.29, 0.717) is 35.2 Å². The molecule has 32 heavy (non-hydrogen) atoms. The first kappa shape index (κ1) is 20.5. The lowest BCUT2D eigenvalue weighted by Crippen LogP contribution is -2.47. The Morgan fingerprint density at radius 2 is 1.97 bits per heavy atom. The number of pyridine rings is 1. The van der Waals surface area contributed by atoms with Gasteiger partial charge in [0.1, 0.15) is 11.3 Å². The van der Waals surface area contributed by atoms with E-state index < -0.39 is 16.3 Å². The summed E-state index contributed by atoms with van der Waals surface area (Å²) < 4.78 is 1.75. The second-order valence-electron chi connectivity index (χ2n) is 7.98. The summed E-state index contributed by atoms with van der Waals surface area (Å²) in [7, 11) is 2.04. The van der Waals surface area contributed by atoms with Crippen molar-refractivity contribution in [1.82, 2.24) is 9.47 Å². The Morgan fingerprint density at radius 1 is 1.22 bits per heavy atom. The van der Waals surface area contributed by atoms with E-state index in [-0.39, 0.29) is 22.7 Å². The number of hydrogen-bond donors (Lipinski definition) is 1. The van der Waals surface area contributed by atoms with Crippen molar-refractivity contribution < 1.29 is 14.8 Å². The number of carbonyl (C=O) groups is 1. The Balaban J connectivity index is 1.66. The SMILES string of the molecule is CN1CCN(c2cc3c(cc2[N+](=O)[O-])c(=O)c(C(=O)O)c2n3CS2)CC1c1ccccc1. The van der Waals surface area contributed by atoms with Gasteiger partial charge in [-0.05, 0) is 18.7 Å². The van der Waals surface area contributed by atoms with Crippen molar-refractivity contribution in [3.8, 4) is 0 Å². The maximum Gasteiger partial charge on any atom is 0.342 e. The molecule has 0 bridgehead atoms. The molecule has 1 aromatic heterocycles. The molecule has 1 saturated heterocycles. The molecule has 1 unspecified atom stereocenters. The first-order chi connectivity index (χ1) is 15.4. The number of nitro benzene ring substituents is 1. The van der Waals surface area contributed by atoms with Gasteiger partial charge in [-0.1, -0.05) is 42.1 Å². The van der Waals surface area contributed by atoms with E-state index in [1.807, 2.05) is 42.3 Å². The summed E-state index contributed by atoms with van der Waals surface area (Å²) in [6.07, 6.45) is 0. The van der Waals surface area contributed by atoms with E-state index >= 15 is 0 Å². The molecule has 2 aromatic carbocycles. The van der Waals surface area contributed by atoms with Crippen LogP contribution in [0.2, 0.25) is 0 Å². The van der Waals surface area contributed by atoms with Gasteiger partial charge in [0.05, 0.1) is 32.8 Å². The van der Waals surface area contributed by atoms with Crippen LogP contribution in [0.25, 0.3) is 10.9 Å². The van der Waals surface area contributed by atoms with Gasteiger partial charge in [0.2, 0.25) is 5.43 Å². The molecule has 1 fully saturated rings. The highest BCUT2D eigenvalue weighted by atomic mass is 32.2. The lowest BCUT2D eigenvalue weighted by molar-refractivity contribution is -0.384. The largest absolute Gasteiger partial charge is 0.477 e. The number of nitrogens with zero attached hydrogens (tertiary/aromatic N) is 4. The molecule has 0 spiro atoms. The molecule has 3 heterocycles. The summed E-state index contributed by atoms with van der Waals surface area (Å²) in [6.45, 7) is 1.89. The number of carboxylic acids is 1. The fourth-order valence-corrected chi connectivity index (χ4v) is 5.45. The summed E-state index contributed by atoms with van der Waals surface area (Å²) in [5.74, 6) is -0.816. The molecule has 0 radical (unpaired) electrons. The van der Waals surface area contributed by atoms with Crippen LogP contribution in [0.3, 0.4) is 0 Å². The first-order valence-corrected chi connectivity index (χ1v) is 11.1. The van der Waals surface area contributed by atoms with Gasteiger partial charge in [-0.25, -0.2) is 4.79 Å². The molecular weight excluding hydrogens is 432 g/mol. The van der Waals surface area contributed by atoms with Crippen molar-refractivity contribution in [3.63, 3.8) is 0 Å². The number of hydrogen-bond acceptors (Lipinski definition) is 7. The van der Waals surface area contributed by atoms with E-state index in [4.69, 9.17) is 0 Å². The van der Waals surface area contributed by atoms with E-state index in [1.54, 1.807) is 10.6 Å². The standard InChI is InChI=1S/C22H20N4O5S/c1-23-7-8-24(11-18(23)13-5-3-2-4-6-13)16-10-15-14(9-17(16)26(30)31)20(27)19(22(28)29)21-25(15)12-32-21/h2-6,9-10,18H,7-8,11-12H2,1H3,(H,28,29). The fourth-order valence-electron chi connectivity index (χ4n) is 4.50. The molecule has 2 aliphatic heterocycles. The number of carboxylic acid groups (broad SMARTS) is 1. The second kappa shape index (κ2) is 7.64. The monoisotopic (exact) mass is 452 g/mol. The lowest BCUT2D eigenvalue weighted by Gasteiger charge is -2.40. The number of nitro groups is 1. The number of fused-ring (bicyclic) bond motifs is 3. The minimum atomic E-state index is -1.32. The Morgan fingerprint density at radius 3 is 2.59 bits per heavy atom. The summed E-state index contributed by atoms with van der Waals surface area (Å²) >= 11 is 1.29. The van der Waals surface area contributed by atoms with Crippen LogP contribution >= 0.6 is 11.8 Å². The number of likely N-dealkylation sites (N-methyl/N-ethyl adjacent to an activating group) is 1. The van der Waals surface area contributed by atoms with E-state index in [9.17, 15) is 24.8 Å². The molecule has 10 heteroatoms. The zero-order chi connectivity index (χ0) is 22.6. The summed E-state index contributed by atoms with van der Waals surface area (Å²) in [5.41, 5.74) is 0.927. The zero-order valence-electron chi connectivity index (χ0n) is 17.2. The number of aromatic carboxylic acids is 1. The Labute approximate surface area is 187 Å². The van der Waals surface area contributed by atoms with Crippen molar-refractivity contribution >= 4 is 40.0 Å². The molecule has 164 valence electrons. The quantitative estimate of drug-likeness (QED) is 0.475. The minimum Gasteiger partial charge on any atom is -0.477 e. The summed E-state index contributed by atoms with van der Waals surface area (Å²) in [6, 6.07) is 13.0. The molecule has 1 atom stereocenters. The van der Waals surface area contributed by atoms with Crippen LogP contribution in [0.4, 0.5) is 11.4 Å². The highest BCUT2D eigenvalue weighted by Gasteiger charge is 2.33. The minimum absolute atomic E-state index is 0.0654. The third-order valence-electron chi connectivity index (χ3n) is 6.23. The van der Waals surface area contributed by atoms with E-state index in [0.717, 1.165) is 12.1 Å². The molecule has 1 N–H and O–H groups in total. The smallest absolute Gasteiger partial charge is 0.342 e. The van der Waals surface area contributed by atoms with Crippen molar-refractivity contribution in [2.75, 3.05) is 31.6 Å². The van der Waals surface area contributed by atoms with Crippen LogP contribution in [0, 0.1) is 10.1 Å². The molecule has 9 nitrogen and oxygen atoms in total. The van der Waals surface area contributed by atoms with E-state index in [1.165, 1.54) is 17.8 Å². The number of anilines is 1.